The van der Waals surface area contributed by atoms with E-state index >= 15 is 0 Å². The van der Waals surface area contributed by atoms with Crippen molar-refractivity contribution < 1.29 is 9.84 Å². The second kappa shape index (κ2) is 7.06. The number of allylic oxidation sites excluding steroid dienone is 1. The molecule has 3 heteroatoms. The van der Waals surface area contributed by atoms with Gasteiger partial charge in [0, 0.05) is 12.0 Å². The fourth-order valence-electron chi connectivity index (χ4n) is 9.46. The Morgan fingerprint density at radius 1 is 1.00 bits per heavy atom. The second-order valence-electron chi connectivity index (χ2n) is 12.8. The first kappa shape index (κ1) is 21.5. The van der Waals surface area contributed by atoms with Crippen LogP contribution in [-0.4, -0.2) is 23.0 Å². The molecule has 0 radical (unpaired) electrons. The summed E-state index contributed by atoms with van der Waals surface area (Å²) < 4.78 is 6.47. The van der Waals surface area contributed by atoms with Crippen LogP contribution in [0.15, 0.2) is 12.2 Å². The molecule has 0 bridgehead atoms. The van der Waals surface area contributed by atoms with Gasteiger partial charge in [-0.25, -0.2) is 0 Å². The number of fused-ring (bicyclic) bond motifs is 7. The minimum atomic E-state index is -1.08. The summed E-state index contributed by atoms with van der Waals surface area (Å²) in [5, 5.41) is 11.4. The molecule has 11 atom stereocenters. The number of aliphatic hydroxyl groups is 1. The van der Waals surface area contributed by atoms with Gasteiger partial charge in [0.1, 0.15) is 0 Å². The Bertz CT molecular complexity index is 705. The van der Waals surface area contributed by atoms with Crippen molar-refractivity contribution in [3.8, 4) is 0 Å². The maximum Gasteiger partial charge on any atom is 0.188 e. The van der Waals surface area contributed by atoms with Crippen molar-refractivity contribution in [1.29, 1.82) is 0 Å². The molecule has 5 fully saturated rings. The van der Waals surface area contributed by atoms with Crippen LogP contribution in [0.2, 0.25) is 0 Å². The second-order valence-corrected chi connectivity index (χ2v) is 12.8. The van der Waals surface area contributed by atoms with E-state index in [9.17, 15) is 5.11 Å². The molecule has 30 heavy (non-hydrogen) atoms. The maximum absolute atomic E-state index is 11.4. The zero-order valence-corrected chi connectivity index (χ0v) is 19.9. The Kier molecular flexibility index (Phi) is 5.05. The minimum Gasteiger partial charge on any atom is -0.362 e. The number of ether oxygens (including phenoxy) is 1. The summed E-state index contributed by atoms with van der Waals surface area (Å²) in [7, 11) is 0. The number of hydrogen-bond donors (Lipinski definition) is 2. The van der Waals surface area contributed by atoms with Gasteiger partial charge in [-0.2, -0.15) is 0 Å². The van der Waals surface area contributed by atoms with Crippen molar-refractivity contribution in [3.63, 3.8) is 0 Å². The summed E-state index contributed by atoms with van der Waals surface area (Å²) in [6, 6.07) is 0.435. The van der Waals surface area contributed by atoms with Gasteiger partial charge in [-0.15, -0.1) is 0 Å². The fourth-order valence-corrected chi connectivity index (χ4v) is 9.46. The van der Waals surface area contributed by atoms with Gasteiger partial charge in [0.2, 0.25) is 0 Å². The molecule has 3 N–H and O–H groups in total. The van der Waals surface area contributed by atoms with E-state index in [1.54, 1.807) is 0 Å². The Balaban J connectivity index is 1.40. The fraction of sp³-hybridized carbons (Fsp3) is 0.926. The van der Waals surface area contributed by atoms with E-state index in [0.29, 0.717) is 28.7 Å². The SMILES string of the molecule is CC(C)/C=C/[C@@]1(O)O[C@H]2CC3C4CCC5C[C@@H](N)CC[C@]5(C)C4CC[C@]3(C)[C@H]2[C@@H]1C. The molecule has 5 rings (SSSR count). The van der Waals surface area contributed by atoms with E-state index in [-0.39, 0.29) is 12.0 Å². The Morgan fingerprint density at radius 2 is 1.73 bits per heavy atom. The first-order chi connectivity index (χ1) is 14.1. The highest BCUT2D eigenvalue weighted by Crippen LogP contribution is 2.70. The van der Waals surface area contributed by atoms with Crippen molar-refractivity contribution in [2.45, 2.75) is 104 Å². The van der Waals surface area contributed by atoms with E-state index in [1.807, 2.05) is 6.08 Å². The lowest BCUT2D eigenvalue weighted by molar-refractivity contribution is -0.182. The van der Waals surface area contributed by atoms with Crippen molar-refractivity contribution in [2.75, 3.05) is 0 Å². The molecule has 4 unspecified atom stereocenters. The predicted molar refractivity (Wildman–Crippen MR) is 122 cm³/mol. The first-order valence-corrected chi connectivity index (χ1v) is 12.9. The number of nitrogens with two attached hydrogens (primary N) is 1. The average Bonchev–Trinajstić information content (AvgIpc) is 3.11. The predicted octanol–water partition coefficient (Wildman–Crippen LogP) is 5.52. The molecule has 0 spiro atoms. The molecule has 5 aliphatic rings. The van der Waals surface area contributed by atoms with Gasteiger partial charge < -0.3 is 15.6 Å². The Hall–Kier alpha value is -0.380. The summed E-state index contributed by atoms with van der Waals surface area (Å²) in [5.74, 6) is 3.33. The van der Waals surface area contributed by atoms with Gasteiger partial charge in [0.05, 0.1) is 6.10 Å². The van der Waals surface area contributed by atoms with Crippen LogP contribution in [-0.2, 0) is 4.74 Å². The highest BCUT2D eigenvalue weighted by atomic mass is 16.6. The lowest BCUT2D eigenvalue weighted by atomic mass is 9.44. The van der Waals surface area contributed by atoms with E-state index in [1.165, 1.54) is 44.9 Å². The molecule has 0 aromatic heterocycles. The zero-order chi connectivity index (χ0) is 21.5. The third-order valence-electron chi connectivity index (χ3n) is 11.0. The third-order valence-corrected chi connectivity index (χ3v) is 11.0. The molecule has 1 saturated heterocycles. The Morgan fingerprint density at radius 3 is 2.47 bits per heavy atom. The average molecular weight is 416 g/mol. The van der Waals surface area contributed by atoms with E-state index < -0.39 is 5.79 Å². The van der Waals surface area contributed by atoms with Crippen LogP contribution in [0.25, 0.3) is 0 Å². The molecule has 1 aliphatic heterocycles. The molecule has 4 aliphatic carbocycles. The van der Waals surface area contributed by atoms with Gasteiger partial charge in [0.25, 0.3) is 0 Å². The summed E-state index contributed by atoms with van der Waals surface area (Å²) in [4.78, 5) is 0. The van der Waals surface area contributed by atoms with Gasteiger partial charge in [-0.1, -0.05) is 40.7 Å². The van der Waals surface area contributed by atoms with Crippen LogP contribution in [0.1, 0.15) is 86.0 Å². The van der Waals surface area contributed by atoms with Gasteiger partial charge in [-0.3, -0.25) is 0 Å². The van der Waals surface area contributed by atoms with Crippen LogP contribution < -0.4 is 5.73 Å². The summed E-state index contributed by atoms with van der Waals surface area (Å²) in [6.45, 7) is 11.7. The first-order valence-electron chi connectivity index (χ1n) is 12.9. The smallest absolute Gasteiger partial charge is 0.188 e. The molecule has 170 valence electrons. The van der Waals surface area contributed by atoms with Gasteiger partial charge >= 0.3 is 0 Å². The van der Waals surface area contributed by atoms with Crippen LogP contribution in [0.5, 0.6) is 0 Å². The normalized spacial score (nSPS) is 57.9. The molecular weight excluding hydrogens is 370 g/mol. The van der Waals surface area contributed by atoms with Crippen LogP contribution in [0, 0.1) is 52.3 Å². The standard InChI is InChI=1S/C27H45NO2/c1-16(2)8-13-27(29)17(3)24-23(30-27)15-22-20-7-6-18-14-19(28)9-11-25(18,4)21(20)10-12-26(22,24)5/h8,13,16-24,29H,6-7,9-12,14-15,28H2,1-5H3/b13-8+/t17-,18?,19-,20?,21?,22?,23-,24-,25-,26-,27+/m0/s1. The molecule has 3 nitrogen and oxygen atoms in total. The van der Waals surface area contributed by atoms with E-state index in [4.69, 9.17) is 10.5 Å². The molecule has 0 aromatic carbocycles. The highest BCUT2D eigenvalue weighted by Gasteiger charge is 2.67. The van der Waals surface area contributed by atoms with Crippen molar-refractivity contribution in [3.05, 3.63) is 12.2 Å². The van der Waals surface area contributed by atoms with Gasteiger partial charge in [0.15, 0.2) is 5.79 Å². The highest BCUT2D eigenvalue weighted by molar-refractivity contribution is 5.17. The lowest BCUT2D eigenvalue weighted by Gasteiger charge is -2.61. The minimum absolute atomic E-state index is 0.170. The van der Waals surface area contributed by atoms with Crippen molar-refractivity contribution in [2.24, 2.45) is 58.0 Å². The molecule has 1 heterocycles. The van der Waals surface area contributed by atoms with Crippen molar-refractivity contribution >= 4 is 0 Å². The summed E-state index contributed by atoms with van der Waals surface area (Å²) in [5.41, 5.74) is 7.20. The maximum atomic E-state index is 11.4. The molecule has 0 amide bonds. The topological polar surface area (TPSA) is 55.5 Å². The van der Waals surface area contributed by atoms with E-state index in [0.717, 1.165) is 30.1 Å². The molecule has 4 saturated carbocycles. The largest absolute Gasteiger partial charge is 0.362 e. The van der Waals surface area contributed by atoms with Crippen LogP contribution in [0.3, 0.4) is 0 Å². The molecule has 0 aromatic rings. The van der Waals surface area contributed by atoms with Crippen LogP contribution >= 0.6 is 0 Å². The Labute approximate surface area is 184 Å². The zero-order valence-electron chi connectivity index (χ0n) is 19.9. The number of hydrogen-bond acceptors (Lipinski definition) is 3. The van der Waals surface area contributed by atoms with Crippen LogP contribution in [0.4, 0.5) is 0 Å². The van der Waals surface area contributed by atoms with Crippen molar-refractivity contribution in [1.82, 2.24) is 0 Å². The lowest BCUT2D eigenvalue weighted by Crippen LogP contribution is -2.55. The quantitative estimate of drug-likeness (QED) is 0.584. The van der Waals surface area contributed by atoms with Gasteiger partial charge in [-0.05, 0) is 104 Å². The summed E-state index contributed by atoms with van der Waals surface area (Å²) in [6.07, 6.45) is 14.7. The third kappa shape index (κ3) is 2.94. The number of rotatable bonds is 2. The molecular formula is C27H45NO2. The monoisotopic (exact) mass is 415 g/mol. The van der Waals surface area contributed by atoms with E-state index in [2.05, 4.69) is 40.7 Å². The summed E-state index contributed by atoms with van der Waals surface area (Å²) >= 11 is 0.